The van der Waals surface area contributed by atoms with Crippen LogP contribution in [0.2, 0.25) is 0 Å². The molecule has 1 N–H and O–H groups in total. The fourth-order valence-electron chi connectivity index (χ4n) is 3.31. The van der Waals surface area contributed by atoms with E-state index < -0.39 is 11.4 Å². The van der Waals surface area contributed by atoms with Gasteiger partial charge in [0.25, 0.3) is 0 Å². The number of ether oxygens (including phenoxy) is 2. The van der Waals surface area contributed by atoms with Crippen molar-refractivity contribution in [2.24, 2.45) is 11.8 Å². The maximum Gasteiger partial charge on any atom is 0.167 e. The molecule has 1 atom stereocenters. The number of fused-ring (bicyclic) bond motifs is 1. The van der Waals surface area contributed by atoms with Crippen LogP contribution in [0.3, 0.4) is 0 Å². The van der Waals surface area contributed by atoms with Gasteiger partial charge in [-0.2, -0.15) is 0 Å². The Bertz CT molecular complexity index is 839. The number of benzene rings is 1. The first-order chi connectivity index (χ1) is 13.1. The lowest BCUT2D eigenvalue weighted by atomic mass is 9.83. The number of aromatic nitrogens is 1. The first-order valence-electron chi connectivity index (χ1n) is 9.68. The molecule has 0 amide bonds. The van der Waals surface area contributed by atoms with Crippen LogP contribution in [0.25, 0.3) is 10.2 Å². The summed E-state index contributed by atoms with van der Waals surface area (Å²) in [5.41, 5.74) is -0.520. The molecule has 1 saturated carbocycles. The molecule has 0 aliphatic heterocycles. The molecular formula is C21H28FNO4S. The number of thiazole rings is 1. The zero-order valence-electron chi connectivity index (χ0n) is 16.8. The fourth-order valence-corrected chi connectivity index (χ4v) is 4.28. The summed E-state index contributed by atoms with van der Waals surface area (Å²) in [7, 11) is 0. The predicted octanol–water partition coefficient (Wildman–Crippen LogP) is 4.45. The Labute approximate surface area is 168 Å². The summed E-state index contributed by atoms with van der Waals surface area (Å²) in [6.07, 6.45) is 2.53. The van der Waals surface area contributed by atoms with Gasteiger partial charge >= 0.3 is 0 Å². The maximum absolute atomic E-state index is 14.3. The van der Waals surface area contributed by atoms with Crippen molar-refractivity contribution in [3.05, 3.63) is 23.0 Å². The molecule has 0 unspecified atom stereocenters. The number of carbonyl (C=O) groups is 1. The van der Waals surface area contributed by atoms with Crippen LogP contribution in [0, 0.1) is 17.7 Å². The second-order valence-electron chi connectivity index (χ2n) is 8.44. The molecule has 1 fully saturated rings. The van der Waals surface area contributed by atoms with Crippen LogP contribution in [0.4, 0.5) is 4.39 Å². The molecule has 0 spiro atoms. The smallest absolute Gasteiger partial charge is 0.167 e. The minimum atomic E-state index is -1.05. The van der Waals surface area contributed by atoms with Gasteiger partial charge in [0.2, 0.25) is 0 Å². The van der Waals surface area contributed by atoms with Crippen molar-refractivity contribution in [2.45, 2.75) is 58.7 Å². The van der Waals surface area contributed by atoms with Gasteiger partial charge in [-0.15, -0.1) is 11.3 Å². The minimum Gasteiger partial charge on any atom is -0.490 e. The Morgan fingerprint density at radius 2 is 2.14 bits per heavy atom. The van der Waals surface area contributed by atoms with E-state index in [2.05, 4.69) is 4.98 Å². The van der Waals surface area contributed by atoms with E-state index in [-0.39, 0.29) is 23.6 Å². The number of aliphatic hydroxyl groups is 1. The first-order valence-corrected chi connectivity index (χ1v) is 10.5. The van der Waals surface area contributed by atoms with E-state index in [9.17, 15) is 14.3 Å². The molecule has 154 valence electrons. The third kappa shape index (κ3) is 5.27. The summed E-state index contributed by atoms with van der Waals surface area (Å²) in [5.74, 6) is 0.548. The van der Waals surface area contributed by atoms with E-state index in [0.717, 1.165) is 17.5 Å². The lowest BCUT2D eigenvalue weighted by Gasteiger charge is -2.35. The minimum absolute atomic E-state index is 0.186. The quantitative estimate of drug-likeness (QED) is 0.663. The predicted molar refractivity (Wildman–Crippen MR) is 107 cm³/mol. The Hall–Kier alpha value is -1.57. The third-order valence-corrected chi connectivity index (χ3v) is 6.22. The largest absolute Gasteiger partial charge is 0.490 e. The van der Waals surface area contributed by atoms with E-state index in [1.165, 1.54) is 17.4 Å². The van der Waals surface area contributed by atoms with Gasteiger partial charge in [-0.3, -0.25) is 0 Å². The molecule has 0 saturated heterocycles. The van der Waals surface area contributed by atoms with Gasteiger partial charge in [0, 0.05) is 25.2 Å². The Balaban J connectivity index is 1.48. The Morgan fingerprint density at radius 3 is 2.79 bits per heavy atom. The number of nitrogens with zero attached hydrogens (tertiary/aromatic N) is 1. The number of rotatable bonds is 9. The van der Waals surface area contributed by atoms with Crippen molar-refractivity contribution in [3.63, 3.8) is 0 Å². The number of halogens is 1. The highest BCUT2D eigenvalue weighted by Crippen LogP contribution is 2.35. The van der Waals surface area contributed by atoms with E-state index in [4.69, 9.17) is 9.47 Å². The van der Waals surface area contributed by atoms with E-state index in [1.807, 2.05) is 6.92 Å². The summed E-state index contributed by atoms with van der Waals surface area (Å²) in [6, 6.07) is 3.02. The van der Waals surface area contributed by atoms with Crippen LogP contribution in [0.15, 0.2) is 12.1 Å². The molecule has 3 rings (SSSR count). The summed E-state index contributed by atoms with van der Waals surface area (Å²) in [4.78, 5) is 15.4. The number of ketones is 1. The zero-order valence-corrected chi connectivity index (χ0v) is 17.6. The first kappa shape index (κ1) is 21.1. The van der Waals surface area contributed by atoms with Crippen molar-refractivity contribution in [1.82, 2.24) is 4.98 Å². The molecule has 28 heavy (non-hydrogen) atoms. The van der Waals surface area contributed by atoms with E-state index in [0.29, 0.717) is 36.1 Å². The van der Waals surface area contributed by atoms with Crippen molar-refractivity contribution in [2.75, 3.05) is 13.2 Å². The summed E-state index contributed by atoms with van der Waals surface area (Å²) >= 11 is 1.34. The summed E-state index contributed by atoms with van der Waals surface area (Å²) in [5, 5.41) is 10.6. The standard InChI is InChI=1S/C21H28FNO4S/c1-12(5-13(2)24)10-26-15-6-14(7-15)11-27-18-9-19-17(8-16(18)22)23-20(28-19)21(3,4)25/h8-9,12,14-15,25H,5-7,10-11H2,1-4H3/t12-,14?,15?/m1/s1. The normalized spacial score (nSPS) is 20.8. The average molecular weight is 410 g/mol. The molecular weight excluding hydrogens is 381 g/mol. The van der Waals surface area contributed by atoms with Gasteiger partial charge in [-0.1, -0.05) is 6.92 Å². The van der Waals surface area contributed by atoms with E-state index >= 15 is 0 Å². The second-order valence-corrected chi connectivity index (χ2v) is 9.47. The molecule has 0 radical (unpaired) electrons. The van der Waals surface area contributed by atoms with Crippen LogP contribution in [0.1, 0.15) is 52.0 Å². The molecule has 1 aliphatic carbocycles. The number of hydrogen-bond acceptors (Lipinski definition) is 6. The molecule has 2 aromatic rings. The second kappa shape index (κ2) is 8.43. The molecule has 1 aliphatic rings. The summed E-state index contributed by atoms with van der Waals surface area (Å²) < 4.78 is 26.6. The van der Waals surface area contributed by atoms with Crippen molar-refractivity contribution in [1.29, 1.82) is 0 Å². The number of carbonyl (C=O) groups excluding carboxylic acids is 1. The maximum atomic E-state index is 14.3. The van der Waals surface area contributed by atoms with Crippen LogP contribution in [0.5, 0.6) is 5.75 Å². The molecule has 0 bridgehead atoms. The van der Waals surface area contributed by atoms with Crippen LogP contribution >= 0.6 is 11.3 Å². The Kier molecular flexibility index (Phi) is 6.37. The van der Waals surface area contributed by atoms with Crippen molar-refractivity contribution < 1.29 is 23.8 Å². The SMILES string of the molecule is CC(=O)C[C@@H](C)COC1CC(COc2cc3sc(C(C)(C)O)nc3cc2F)C1. The number of hydrogen-bond donors (Lipinski definition) is 1. The lowest BCUT2D eigenvalue weighted by Crippen LogP contribution is -2.36. The topological polar surface area (TPSA) is 68.7 Å². The molecule has 1 aromatic carbocycles. The van der Waals surface area contributed by atoms with Crippen molar-refractivity contribution in [3.8, 4) is 5.75 Å². The van der Waals surface area contributed by atoms with Gasteiger partial charge in [-0.05, 0) is 45.4 Å². The Morgan fingerprint density at radius 1 is 1.43 bits per heavy atom. The zero-order chi connectivity index (χ0) is 20.5. The van der Waals surface area contributed by atoms with Crippen LogP contribution in [-0.2, 0) is 15.1 Å². The summed E-state index contributed by atoms with van der Waals surface area (Å²) in [6.45, 7) is 7.98. The lowest BCUT2D eigenvalue weighted by molar-refractivity contribution is -0.119. The molecule has 7 heteroatoms. The molecule has 1 aromatic heterocycles. The van der Waals surface area contributed by atoms with Crippen molar-refractivity contribution >= 4 is 27.3 Å². The number of Topliss-reactive ketones (excluding diaryl/α,β-unsaturated/α-hetero) is 1. The highest BCUT2D eigenvalue weighted by molar-refractivity contribution is 7.18. The highest BCUT2D eigenvalue weighted by Gasteiger charge is 2.31. The highest BCUT2D eigenvalue weighted by atomic mass is 32.1. The fraction of sp³-hybridized carbons (Fsp3) is 0.619. The molecule has 5 nitrogen and oxygen atoms in total. The van der Waals surface area contributed by atoms with Gasteiger partial charge in [0.05, 0.1) is 22.9 Å². The van der Waals surface area contributed by atoms with Gasteiger partial charge in [-0.25, -0.2) is 9.37 Å². The van der Waals surface area contributed by atoms with Gasteiger partial charge < -0.3 is 19.4 Å². The average Bonchev–Trinajstić information content (AvgIpc) is 2.95. The van der Waals surface area contributed by atoms with Crippen LogP contribution in [-0.4, -0.2) is 35.2 Å². The van der Waals surface area contributed by atoms with E-state index in [1.54, 1.807) is 26.8 Å². The van der Waals surface area contributed by atoms with Gasteiger partial charge in [0.1, 0.15) is 16.4 Å². The third-order valence-electron chi connectivity index (χ3n) is 4.88. The van der Waals surface area contributed by atoms with Gasteiger partial charge in [0.15, 0.2) is 11.6 Å². The molecule has 1 heterocycles. The van der Waals surface area contributed by atoms with Crippen LogP contribution < -0.4 is 4.74 Å². The monoisotopic (exact) mass is 409 g/mol.